The second-order valence-corrected chi connectivity index (χ2v) is 8.51. The molecule has 0 saturated carbocycles. The van der Waals surface area contributed by atoms with E-state index < -0.39 is 59.0 Å². The van der Waals surface area contributed by atoms with Crippen LogP contribution in [0.4, 0.5) is 5.69 Å². The maximum Gasteiger partial charge on any atom is 0.335 e. The van der Waals surface area contributed by atoms with Gasteiger partial charge in [0.15, 0.2) is 18.0 Å². The van der Waals surface area contributed by atoms with Gasteiger partial charge in [-0.3, -0.25) is 24.3 Å². The molecule has 0 spiro atoms. The summed E-state index contributed by atoms with van der Waals surface area (Å²) in [7, 11) is 1.14. The van der Waals surface area contributed by atoms with Gasteiger partial charge in [-0.25, -0.2) is 9.78 Å². The molecule has 0 bridgehead atoms. The Balaban J connectivity index is 1.90. The molecule has 3 rings (SSSR count). The van der Waals surface area contributed by atoms with Gasteiger partial charge in [-0.05, 0) is 23.8 Å². The Morgan fingerprint density at radius 2 is 1.87 bits per heavy atom. The molecule has 14 nitrogen and oxygen atoms in total. The van der Waals surface area contributed by atoms with Crippen LogP contribution in [0, 0.1) is 16.0 Å². The Labute approximate surface area is 221 Å². The van der Waals surface area contributed by atoms with Crippen LogP contribution in [0.1, 0.15) is 26.3 Å². The fourth-order valence-electron chi connectivity index (χ4n) is 3.74. The van der Waals surface area contributed by atoms with Crippen LogP contribution < -0.4 is 4.74 Å². The van der Waals surface area contributed by atoms with Gasteiger partial charge in [0.05, 0.1) is 12.0 Å². The molecule has 0 unspecified atom stereocenters. The molecule has 0 amide bonds. The largest absolute Gasteiger partial charge is 0.467 e. The highest BCUT2D eigenvalue weighted by atomic mass is 32.1. The topological polar surface area (TPSA) is 168 Å². The van der Waals surface area contributed by atoms with Crippen LogP contribution in [0.2, 0.25) is 0 Å². The van der Waals surface area contributed by atoms with Crippen molar-refractivity contribution in [2.45, 2.75) is 52.0 Å². The highest BCUT2D eigenvalue weighted by Gasteiger charge is 2.52. The lowest BCUT2D eigenvalue weighted by Crippen LogP contribution is -2.60. The van der Waals surface area contributed by atoms with Gasteiger partial charge in [0, 0.05) is 38.2 Å². The first-order valence-corrected chi connectivity index (χ1v) is 11.6. The molecule has 2 aromatic rings. The third-order valence-electron chi connectivity index (χ3n) is 5.45. The van der Waals surface area contributed by atoms with Crippen LogP contribution in [-0.4, -0.2) is 69.3 Å². The van der Waals surface area contributed by atoms with E-state index in [0.29, 0.717) is 5.56 Å². The van der Waals surface area contributed by atoms with E-state index in [9.17, 15) is 24.5 Å². The maximum atomic E-state index is 12.4. The van der Waals surface area contributed by atoms with Crippen molar-refractivity contribution in [2.75, 3.05) is 7.11 Å². The lowest BCUT2D eigenvalue weighted by atomic mass is 9.90. The zero-order valence-electron chi connectivity index (χ0n) is 20.8. The lowest BCUT2D eigenvalue weighted by molar-refractivity contribution is -0.387. The summed E-state index contributed by atoms with van der Waals surface area (Å²) >= 11 is 5.14. The van der Waals surface area contributed by atoms with Gasteiger partial charge in [-0.2, -0.15) is 0 Å². The molecule has 0 aliphatic carbocycles. The number of carbonyl (C=O) groups is 3. The lowest BCUT2D eigenvalue weighted by Gasteiger charge is -2.42. The van der Waals surface area contributed by atoms with Crippen molar-refractivity contribution >= 4 is 41.0 Å². The van der Waals surface area contributed by atoms with Crippen LogP contribution >= 0.6 is 12.2 Å². The van der Waals surface area contributed by atoms with Crippen LogP contribution in [0.15, 0.2) is 36.9 Å². The zero-order valence-corrected chi connectivity index (χ0v) is 21.6. The predicted octanol–water partition coefficient (Wildman–Crippen LogP) is 1.92. The Kier molecular flexibility index (Phi) is 9.30. The average Bonchev–Trinajstić information content (AvgIpc) is 3.41. The van der Waals surface area contributed by atoms with E-state index in [0.717, 1.165) is 21.0 Å². The van der Waals surface area contributed by atoms with Gasteiger partial charge in [-0.1, -0.05) is 13.0 Å². The van der Waals surface area contributed by atoms with E-state index in [1.807, 2.05) is 0 Å². The minimum absolute atomic E-state index is 0.0878. The van der Waals surface area contributed by atoms with Crippen molar-refractivity contribution in [3.63, 3.8) is 0 Å². The van der Waals surface area contributed by atoms with Gasteiger partial charge in [-0.15, -0.1) is 0 Å². The first kappa shape index (κ1) is 28.5. The Bertz CT molecular complexity index is 1200. The molecule has 1 aliphatic rings. The number of carbonyl (C=O) groups excluding carboxylic acids is 3. The van der Waals surface area contributed by atoms with E-state index in [-0.39, 0.29) is 17.5 Å². The number of nitro benzene ring substituents is 1. The number of hydrogen-bond acceptors (Lipinski definition) is 13. The van der Waals surface area contributed by atoms with Crippen molar-refractivity contribution < 1.29 is 47.7 Å². The Morgan fingerprint density at radius 1 is 1.18 bits per heavy atom. The summed E-state index contributed by atoms with van der Waals surface area (Å²) in [6.45, 7) is 3.70. The molecular weight excluding hydrogens is 526 g/mol. The van der Waals surface area contributed by atoms with Crippen molar-refractivity contribution in [2.24, 2.45) is 5.92 Å². The molecule has 2 heterocycles. The third-order valence-corrected chi connectivity index (χ3v) is 5.78. The number of nitrogens with zero attached hydrogens (tertiary/aromatic N) is 3. The van der Waals surface area contributed by atoms with E-state index in [1.165, 1.54) is 42.2 Å². The van der Waals surface area contributed by atoms with Crippen LogP contribution in [0.5, 0.6) is 5.75 Å². The smallest absolute Gasteiger partial charge is 0.335 e. The first-order valence-electron chi connectivity index (χ1n) is 11.2. The summed E-state index contributed by atoms with van der Waals surface area (Å²) in [5.41, 5.74) is -0.0754. The number of benzene rings is 1. The highest BCUT2D eigenvalue weighted by molar-refractivity contribution is 7.80. The molecule has 38 heavy (non-hydrogen) atoms. The number of rotatable bonds is 8. The number of ether oxygens (including phenoxy) is 6. The van der Waals surface area contributed by atoms with Gasteiger partial charge in [0.25, 0.3) is 5.17 Å². The summed E-state index contributed by atoms with van der Waals surface area (Å²) in [4.78, 5) is 51.0. The quantitative estimate of drug-likeness (QED) is 0.154. The van der Waals surface area contributed by atoms with Crippen LogP contribution in [0.3, 0.4) is 0 Å². The first-order chi connectivity index (χ1) is 18.0. The summed E-state index contributed by atoms with van der Waals surface area (Å²) in [5, 5.41) is 11.9. The molecule has 1 fully saturated rings. The van der Waals surface area contributed by atoms with Crippen LogP contribution in [-0.2, 0) is 44.7 Å². The number of aromatic nitrogens is 2. The number of methoxy groups -OCH3 is 1. The number of hydrogen-bond donors (Lipinski definition) is 0. The molecule has 1 aliphatic heterocycles. The molecule has 1 aromatic carbocycles. The van der Waals surface area contributed by atoms with Crippen molar-refractivity contribution in [3.05, 3.63) is 52.6 Å². The van der Waals surface area contributed by atoms with Crippen molar-refractivity contribution in [3.8, 4) is 5.75 Å². The molecule has 5 atom stereocenters. The minimum atomic E-state index is -1.57. The second kappa shape index (κ2) is 12.4. The van der Waals surface area contributed by atoms with E-state index in [2.05, 4.69) is 4.98 Å². The highest BCUT2D eigenvalue weighted by Crippen LogP contribution is 2.36. The Hall–Kier alpha value is -4.11. The summed E-state index contributed by atoms with van der Waals surface area (Å²) < 4.78 is 33.9. The molecular formula is C23H25N3O11S. The zero-order chi connectivity index (χ0) is 28.0. The number of imidazole rings is 1. The molecule has 15 heteroatoms. The molecule has 0 N–H and O–H groups in total. The van der Waals surface area contributed by atoms with Crippen molar-refractivity contribution in [1.29, 1.82) is 0 Å². The molecule has 1 aromatic heterocycles. The SMILES string of the molecule is COC(=O)[C@H]1O[C@@H](Oc2ccc(COC(=S)n3ccnc3)cc2[N+](=O)[O-])[C@H](OC(C)=O)[C@@H](OC(C)=O)[C@@H]1C. The van der Waals surface area contributed by atoms with Crippen molar-refractivity contribution in [1.82, 2.24) is 9.55 Å². The number of thiocarbonyl (C=S) groups is 1. The van der Waals surface area contributed by atoms with E-state index in [1.54, 1.807) is 6.20 Å². The van der Waals surface area contributed by atoms with Gasteiger partial charge in [0.2, 0.25) is 12.4 Å². The van der Waals surface area contributed by atoms with Gasteiger partial charge >= 0.3 is 23.6 Å². The fraction of sp³-hybridized carbons (Fsp3) is 0.435. The monoisotopic (exact) mass is 551 g/mol. The number of esters is 3. The number of nitro groups is 1. The van der Waals surface area contributed by atoms with E-state index in [4.69, 9.17) is 40.6 Å². The average molecular weight is 552 g/mol. The summed E-state index contributed by atoms with van der Waals surface area (Å²) in [6, 6.07) is 3.99. The normalized spacial score (nSPS) is 22.6. The summed E-state index contributed by atoms with van der Waals surface area (Å²) in [6.07, 6.45) is -0.873. The van der Waals surface area contributed by atoms with Crippen LogP contribution in [0.25, 0.3) is 0 Å². The summed E-state index contributed by atoms with van der Waals surface area (Å²) in [5.74, 6) is -3.36. The Morgan fingerprint density at radius 3 is 2.45 bits per heavy atom. The standard InChI is InChI=1S/C23H25N3O11S/c1-12-18(34-13(2)27)20(35-14(3)28)22(37-19(12)21(29)32-4)36-17-6-5-15(9-16(17)26(30)31)10-33-23(38)25-8-7-24-11-25/h5-9,11-12,18-20,22H,10H2,1-4H3/t12-,18-,19-,20+,22+/m0/s1. The molecule has 204 valence electrons. The third kappa shape index (κ3) is 6.80. The maximum absolute atomic E-state index is 12.4. The fourth-order valence-corrected chi connectivity index (χ4v) is 3.91. The van der Waals surface area contributed by atoms with Gasteiger partial charge in [0.1, 0.15) is 12.9 Å². The minimum Gasteiger partial charge on any atom is -0.467 e. The van der Waals surface area contributed by atoms with Gasteiger partial charge < -0.3 is 28.4 Å². The predicted molar refractivity (Wildman–Crippen MR) is 130 cm³/mol. The second-order valence-electron chi connectivity index (χ2n) is 8.16. The molecule has 0 radical (unpaired) electrons. The molecule has 1 saturated heterocycles. The van der Waals surface area contributed by atoms with E-state index >= 15 is 0 Å².